The lowest BCUT2D eigenvalue weighted by atomic mass is 9.87. The molecule has 0 saturated carbocycles. The second kappa shape index (κ2) is 13.4. The molecular weight excluding hydrogens is 472 g/mol. The number of rotatable bonds is 7. The summed E-state index contributed by atoms with van der Waals surface area (Å²) in [5.41, 5.74) is 10.9. The van der Waals surface area contributed by atoms with Crippen molar-refractivity contribution in [1.29, 1.82) is 0 Å². The van der Waals surface area contributed by atoms with Crippen molar-refractivity contribution in [2.45, 2.75) is 103 Å². The van der Waals surface area contributed by atoms with Gasteiger partial charge in [-0.2, -0.15) is 0 Å². The van der Waals surface area contributed by atoms with Gasteiger partial charge in [-0.15, -0.1) is 0 Å². The van der Waals surface area contributed by atoms with Crippen molar-refractivity contribution < 1.29 is 0 Å². The van der Waals surface area contributed by atoms with Gasteiger partial charge in [0.05, 0.1) is 22.1 Å². The Kier molecular flexibility index (Phi) is 11.0. The molecule has 2 heteroatoms. The minimum Gasteiger partial charge on any atom is -0.249 e. The Labute approximate surface area is 239 Å². The standard InChI is InChI=1S/C37H52N2/c1-14-18-32-35(31-19-16-15-17-20-31)39-34(30(7)26(3)22-24-28(5)37(11,12)13)33(38-32)29(6)25(2)21-23-27(4)36(8,9)10/h15-17,19-24H,14,18H2,1-13H3/b25-21+,26-22+,27-23+,28-24+,33-29-,34-30-. The fraction of sp³-hybridized carbons (Fsp3) is 0.459. The smallest absolute Gasteiger partial charge is 0.0929 e. The third kappa shape index (κ3) is 8.75. The number of hydrogen-bond acceptors (Lipinski definition) is 2. The Balaban J connectivity index is 3.00. The number of allylic oxidation sites excluding steroid dienone is 8. The summed E-state index contributed by atoms with van der Waals surface area (Å²) < 4.78 is 0. The molecular formula is C37H52N2. The summed E-state index contributed by atoms with van der Waals surface area (Å²) in [4.78, 5) is 10.7. The number of benzene rings is 1. The number of hydrogen-bond donors (Lipinski definition) is 0. The SMILES string of the molecule is CCCc1nc(=C(C)\C(C)=C\C=C(/C)C(C)(C)C)/c(=C(C)/C(C)=C/C=C(\C)C(C)(C)C)nc1-c1ccccc1. The van der Waals surface area contributed by atoms with Crippen molar-refractivity contribution in [1.82, 2.24) is 9.97 Å². The normalized spacial score (nSPS) is 15.9. The molecule has 0 N–H and O–H groups in total. The highest BCUT2D eigenvalue weighted by Crippen LogP contribution is 2.26. The second-order valence-electron chi connectivity index (χ2n) is 13.0. The predicted octanol–water partition coefficient (Wildman–Crippen LogP) is 9.31. The van der Waals surface area contributed by atoms with Crippen LogP contribution in [0.25, 0.3) is 22.4 Å². The maximum Gasteiger partial charge on any atom is 0.0929 e. The van der Waals surface area contributed by atoms with E-state index in [1.807, 2.05) is 0 Å². The zero-order valence-corrected chi connectivity index (χ0v) is 27.0. The van der Waals surface area contributed by atoms with Gasteiger partial charge in [-0.3, -0.25) is 0 Å². The predicted molar refractivity (Wildman–Crippen MR) is 173 cm³/mol. The third-order valence-electron chi connectivity index (χ3n) is 7.93. The van der Waals surface area contributed by atoms with Crippen LogP contribution in [0.5, 0.6) is 0 Å². The van der Waals surface area contributed by atoms with E-state index < -0.39 is 0 Å². The highest BCUT2D eigenvalue weighted by molar-refractivity contribution is 5.68. The van der Waals surface area contributed by atoms with E-state index in [4.69, 9.17) is 9.97 Å². The molecule has 0 fully saturated rings. The van der Waals surface area contributed by atoms with E-state index in [0.29, 0.717) is 0 Å². The summed E-state index contributed by atoms with van der Waals surface area (Å²) >= 11 is 0. The molecule has 2 rings (SSSR count). The monoisotopic (exact) mass is 524 g/mol. The van der Waals surface area contributed by atoms with Crippen LogP contribution in [0.4, 0.5) is 0 Å². The van der Waals surface area contributed by atoms with Crippen molar-refractivity contribution in [2.24, 2.45) is 10.8 Å². The molecule has 0 amide bonds. The molecule has 2 nitrogen and oxygen atoms in total. The van der Waals surface area contributed by atoms with Crippen LogP contribution in [0.2, 0.25) is 0 Å². The molecule has 0 radical (unpaired) electrons. The molecule has 0 aliphatic carbocycles. The van der Waals surface area contributed by atoms with Crippen molar-refractivity contribution >= 4 is 11.1 Å². The minimum absolute atomic E-state index is 0.142. The van der Waals surface area contributed by atoms with Gasteiger partial charge in [0.25, 0.3) is 0 Å². The molecule has 0 unspecified atom stereocenters. The Morgan fingerprint density at radius 1 is 0.641 bits per heavy atom. The number of aryl methyl sites for hydroxylation is 1. The molecule has 210 valence electrons. The van der Waals surface area contributed by atoms with Crippen LogP contribution in [-0.4, -0.2) is 9.97 Å². The van der Waals surface area contributed by atoms with Gasteiger partial charge in [0, 0.05) is 5.56 Å². The van der Waals surface area contributed by atoms with E-state index in [1.165, 1.54) is 27.9 Å². The lowest BCUT2D eigenvalue weighted by molar-refractivity contribution is 0.504. The van der Waals surface area contributed by atoms with E-state index in [2.05, 4.69) is 145 Å². The highest BCUT2D eigenvalue weighted by atomic mass is 14.8. The van der Waals surface area contributed by atoms with E-state index in [0.717, 1.165) is 46.1 Å². The first-order valence-electron chi connectivity index (χ1n) is 14.4. The summed E-state index contributed by atoms with van der Waals surface area (Å²) in [6.45, 7) is 28.9. The first-order valence-corrected chi connectivity index (χ1v) is 14.4. The van der Waals surface area contributed by atoms with Gasteiger partial charge in [-0.25, -0.2) is 9.97 Å². The highest BCUT2D eigenvalue weighted by Gasteiger charge is 2.14. The van der Waals surface area contributed by atoms with E-state index in [9.17, 15) is 0 Å². The van der Waals surface area contributed by atoms with Crippen LogP contribution in [0, 0.1) is 10.8 Å². The van der Waals surface area contributed by atoms with Crippen molar-refractivity contribution in [2.75, 3.05) is 0 Å². The summed E-state index contributed by atoms with van der Waals surface area (Å²) in [6, 6.07) is 10.5. The van der Waals surface area contributed by atoms with Gasteiger partial charge in [-0.1, -0.05) is 121 Å². The van der Waals surface area contributed by atoms with Gasteiger partial charge in [-0.05, 0) is 81.1 Å². The summed E-state index contributed by atoms with van der Waals surface area (Å²) in [7, 11) is 0. The third-order valence-corrected chi connectivity index (χ3v) is 7.93. The van der Waals surface area contributed by atoms with Crippen LogP contribution in [0.3, 0.4) is 0 Å². The van der Waals surface area contributed by atoms with Crippen LogP contribution in [-0.2, 0) is 6.42 Å². The molecule has 0 spiro atoms. The van der Waals surface area contributed by atoms with E-state index in [1.54, 1.807) is 0 Å². The van der Waals surface area contributed by atoms with Crippen LogP contribution < -0.4 is 10.7 Å². The molecule has 1 aromatic heterocycles. The first-order chi connectivity index (χ1) is 18.1. The molecule has 0 bridgehead atoms. The maximum atomic E-state index is 5.37. The zero-order valence-electron chi connectivity index (χ0n) is 27.0. The van der Waals surface area contributed by atoms with Gasteiger partial charge >= 0.3 is 0 Å². The number of nitrogens with zero attached hydrogens (tertiary/aromatic N) is 2. The van der Waals surface area contributed by atoms with Gasteiger partial charge < -0.3 is 0 Å². The molecule has 0 aliphatic rings. The van der Waals surface area contributed by atoms with Crippen LogP contribution >= 0.6 is 0 Å². The fourth-order valence-electron chi connectivity index (χ4n) is 3.85. The average Bonchev–Trinajstić information content (AvgIpc) is 2.88. The zero-order chi connectivity index (χ0) is 29.5. The lowest BCUT2D eigenvalue weighted by Gasteiger charge is -2.19. The Hall–Kier alpha value is -3.00. The Morgan fingerprint density at radius 3 is 1.49 bits per heavy atom. The van der Waals surface area contributed by atoms with E-state index >= 15 is 0 Å². The molecule has 0 atom stereocenters. The molecule has 1 heterocycles. The summed E-state index contributed by atoms with van der Waals surface area (Å²) in [6.07, 6.45) is 10.9. The van der Waals surface area contributed by atoms with Crippen molar-refractivity contribution in [3.05, 3.63) is 93.3 Å². The fourth-order valence-corrected chi connectivity index (χ4v) is 3.85. The van der Waals surface area contributed by atoms with Crippen molar-refractivity contribution in [3.8, 4) is 11.3 Å². The summed E-state index contributed by atoms with van der Waals surface area (Å²) in [5, 5.41) is 1.95. The largest absolute Gasteiger partial charge is 0.249 e. The molecule has 0 aliphatic heterocycles. The maximum absolute atomic E-state index is 5.37. The lowest BCUT2D eigenvalue weighted by Crippen LogP contribution is -2.37. The average molecular weight is 525 g/mol. The molecule has 2 aromatic rings. The van der Waals surface area contributed by atoms with Gasteiger partial charge in [0.1, 0.15) is 0 Å². The van der Waals surface area contributed by atoms with E-state index in [-0.39, 0.29) is 10.8 Å². The quantitative estimate of drug-likeness (QED) is 0.337. The Bertz CT molecular complexity index is 1400. The topological polar surface area (TPSA) is 25.8 Å². The summed E-state index contributed by atoms with van der Waals surface area (Å²) in [5.74, 6) is 0. The second-order valence-corrected chi connectivity index (χ2v) is 13.0. The molecule has 0 saturated heterocycles. The molecule has 1 aromatic carbocycles. The molecule has 39 heavy (non-hydrogen) atoms. The number of aromatic nitrogens is 2. The van der Waals surface area contributed by atoms with Gasteiger partial charge in [0.2, 0.25) is 0 Å². The van der Waals surface area contributed by atoms with Gasteiger partial charge in [0.15, 0.2) is 0 Å². The first kappa shape index (κ1) is 32.2. The van der Waals surface area contributed by atoms with Crippen LogP contribution in [0.15, 0.2) is 76.9 Å². The van der Waals surface area contributed by atoms with Crippen molar-refractivity contribution in [3.63, 3.8) is 0 Å². The minimum atomic E-state index is 0.142. The van der Waals surface area contributed by atoms with Crippen LogP contribution in [0.1, 0.15) is 102 Å². The Morgan fingerprint density at radius 2 is 1.08 bits per heavy atom.